The molecule has 2 N–H and O–H groups in total. The summed E-state index contributed by atoms with van der Waals surface area (Å²) in [6, 6.07) is 5.32. The van der Waals surface area contributed by atoms with E-state index in [2.05, 4.69) is 45.6 Å². The number of rotatable bonds is 8. The summed E-state index contributed by atoms with van der Waals surface area (Å²) in [6.45, 7) is 0. The number of anilines is 1. The highest BCUT2D eigenvalue weighted by molar-refractivity contribution is 9.10. The average molecular weight is 539 g/mol. The van der Waals surface area contributed by atoms with Crippen LogP contribution in [0.15, 0.2) is 46.2 Å². The van der Waals surface area contributed by atoms with Gasteiger partial charge < -0.3 is 14.5 Å². The molecule has 9 nitrogen and oxygen atoms in total. The predicted octanol–water partition coefficient (Wildman–Crippen LogP) is 4.14. The van der Waals surface area contributed by atoms with E-state index in [9.17, 15) is 13.0 Å². The highest BCUT2D eigenvalue weighted by Crippen LogP contribution is 2.35. The van der Waals surface area contributed by atoms with E-state index in [1.165, 1.54) is 14.2 Å². The molecule has 0 aliphatic heterocycles. The molecular formula is C20H17BrF2N6O3S. The molecule has 0 fully saturated rings. The summed E-state index contributed by atoms with van der Waals surface area (Å²) >= 11 is 3.52. The normalized spacial score (nSPS) is 12.2. The first-order valence-corrected chi connectivity index (χ1v) is 11.4. The largest absolute Gasteiger partial charge is 0.481 e. The van der Waals surface area contributed by atoms with E-state index < -0.39 is 23.8 Å². The van der Waals surface area contributed by atoms with Crippen LogP contribution >= 0.6 is 15.9 Å². The molecule has 0 saturated carbocycles. The molecule has 0 aliphatic carbocycles. The SMILES string of the molecule is COc1nc(NS(=O)c2c[nH]c3c(-c4ncccn4)c(Br)ccc23)nc(OC)c1CC(F)F. The molecule has 3 heterocycles. The van der Waals surface area contributed by atoms with Gasteiger partial charge >= 0.3 is 0 Å². The van der Waals surface area contributed by atoms with E-state index in [1.807, 2.05) is 6.07 Å². The van der Waals surface area contributed by atoms with Crippen LogP contribution in [0, 0.1) is 0 Å². The maximum absolute atomic E-state index is 13.1. The Morgan fingerprint density at radius 1 is 1.15 bits per heavy atom. The van der Waals surface area contributed by atoms with Gasteiger partial charge in [0, 0.05) is 34.9 Å². The Morgan fingerprint density at radius 2 is 1.82 bits per heavy atom. The second-order valence-corrected chi connectivity index (χ2v) is 8.62. The number of aromatic nitrogens is 5. The van der Waals surface area contributed by atoms with Crippen LogP contribution in [0.1, 0.15) is 5.56 Å². The molecule has 1 atom stereocenters. The van der Waals surface area contributed by atoms with Gasteiger partial charge in [0.1, 0.15) is 0 Å². The minimum absolute atomic E-state index is 0.0239. The van der Waals surface area contributed by atoms with Crippen molar-refractivity contribution in [2.75, 3.05) is 18.9 Å². The van der Waals surface area contributed by atoms with Crippen molar-refractivity contribution < 1.29 is 22.5 Å². The van der Waals surface area contributed by atoms with Crippen molar-refractivity contribution in [1.82, 2.24) is 24.9 Å². The van der Waals surface area contributed by atoms with Crippen molar-refractivity contribution >= 4 is 43.8 Å². The van der Waals surface area contributed by atoms with Crippen molar-refractivity contribution in [2.24, 2.45) is 0 Å². The number of halogens is 3. The first kappa shape index (κ1) is 23.0. The van der Waals surface area contributed by atoms with Crippen LogP contribution in [0.4, 0.5) is 14.7 Å². The molecular weight excluding hydrogens is 522 g/mol. The Balaban J connectivity index is 1.71. The number of ether oxygens (including phenoxy) is 2. The third-order valence-electron chi connectivity index (χ3n) is 4.62. The van der Waals surface area contributed by atoms with E-state index in [0.717, 1.165) is 4.47 Å². The highest BCUT2D eigenvalue weighted by Gasteiger charge is 2.22. The molecule has 1 unspecified atom stereocenters. The summed E-state index contributed by atoms with van der Waals surface area (Å²) in [4.78, 5) is 20.3. The number of H-pyrrole nitrogens is 1. The van der Waals surface area contributed by atoms with Gasteiger partial charge in [-0.1, -0.05) is 6.07 Å². The number of nitrogens with one attached hydrogen (secondary N) is 2. The van der Waals surface area contributed by atoms with E-state index in [4.69, 9.17) is 9.47 Å². The van der Waals surface area contributed by atoms with Gasteiger partial charge in [-0.15, -0.1) is 0 Å². The van der Waals surface area contributed by atoms with Gasteiger partial charge in [-0.3, -0.25) is 4.72 Å². The third-order valence-corrected chi connectivity index (χ3v) is 6.38. The van der Waals surface area contributed by atoms with E-state index >= 15 is 0 Å². The molecule has 0 saturated heterocycles. The quantitative estimate of drug-likeness (QED) is 0.346. The Labute approximate surface area is 197 Å². The number of fused-ring (bicyclic) bond motifs is 1. The lowest BCUT2D eigenvalue weighted by Crippen LogP contribution is -2.12. The fourth-order valence-electron chi connectivity index (χ4n) is 3.24. The number of aromatic amines is 1. The molecule has 0 amide bonds. The average Bonchev–Trinajstić information content (AvgIpc) is 3.24. The molecule has 4 aromatic rings. The number of hydrogen-bond donors (Lipinski definition) is 2. The van der Waals surface area contributed by atoms with Crippen LogP contribution in [0.5, 0.6) is 11.8 Å². The van der Waals surface area contributed by atoms with Crippen LogP contribution in [0.3, 0.4) is 0 Å². The van der Waals surface area contributed by atoms with Gasteiger partial charge in [-0.05, 0) is 28.1 Å². The van der Waals surface area contributed by atoms with Crippen LogP contribution in [-0.2, 0) is 17.4 Å². The van der Waals surface area contributed by atoms with Gasteiger partial charge in [0.15, 0.2) is 16.8 Å². The zero-order valence-electron chi connectivity index (χ0n) is 17.3. The lowest BCUT2D eigenvalue weighted by Gasteiger charge is -2.13. The number of alkyl halides is 2. The smallest absolute Gasteiger partial charge is 0.243 e. The molecule has 33 heavy (non-hydrogen) atoms. The third kappa shape index (κ3) is 4.64. The van der Waals surface area contributed by atoms with Crippen LogP contribution in [0.2, 0.25) is 0 Å². The van der Waals surface area contributed by atoms with Gasteiger partial charge in [0.2, 0.25) is 24.1 Å². The molecule has 4 rings (SSSR count). The van der Waals surface area contributed by atoms with Crippen LogP contribution < -0.4 is 14.2 Å². The number of hydrogen-bond acceptors (Lipinski definition) is 7. The fraction of sp³-hybridized carbons (Fsp3) is 0.200. The summed E-state index contributed by atoms with van der Waals surface area (Å²) in [5.74, 6) is 0.216. The van der Waals surface area contributed by atoms with Gasteiger partial charge in [-0.25, -0.2) is 23.0 Å². The lowest BCUT2D eigenvalue weighted by molar-refractivity contribution is 0.146. The molecule has 0 bridgehead atoms. The summed E-state index contributed by atoms with van der Waals surface area (Å²) in [5, 5.41) is 0.666. The molecule has 0 spiro atoms. The first-order valence-electron chi connectivity index (χ1n) is 9.45. The van der Waals surface area contributed by atoms with Crippen molar-refractivity contribution in [2.45, 2.75) is 17.7 Å². The standard InChI is InChI=1S/C20H17BrF2N6O3S/c1-31-18-11(8-14(22)23)19(32-2)28-20(27-18)29-33(30)13-9-26-16-10(13)4-5-12(21)15(16)17-24-6-3-7-25-17/h3-7,9,14,26H,8H2,1-2H3,(H,27,28,29). The molecule has 13 heteroatoms. The predicted molar refractivity (Wildman–Crippen MR) is 122 cm³/mol. The minimum atomic E-state index is -2.64. The Hall–Kier alpha value is -3.19. The summed E-state index contributed by atoms with van der Waals surface area (Å²) < 4.78 is 52.7. The number of benzene rings is 1. The Bertz CT molecular complexity index is 1300. The zero-order chi connectivity index (χ0) is 23.5. The maximum Gasteiger partial charge on any atom is 0.243 e. The molecule has 1 aromatic carbocycles. The van der Waals surface area contributed by atoms with Crippen LogP contribution in [0.25, 0.3) is 22.3 Å². The maximum atomic E-state index is 13.1. The van der Waals surface area contributed by atoms with Crippen LogP contribution in [-0.4, -0.2) is 49.8 Å². The topological polar surface area (TPSA) is 115 Å². The Kier molecular flexibility index (Phi) is 6.79. The molecule has 0 radical (unpaired) electrons. The van der Waals surface area contributed by atoms with E-state index in [-0.39, 0.29) is 23.3 Å². The molecule has 3 aromatic heterocycles. The van der Waals surface area contributed by atoms with Gasteiger partial charge in [0.05, 0.1) is 35.8 Å². The lowest BCUT2D eigenvalue weighted by atomic mass is 10.1. The summed E-state index contributed by atoms with van der Waals surface area (Å²) in [5.41, 5.74) is 1.42. The van der Waals surface area contributed by atoms with E-state index in [0.29, 0.717) is 27.2 Å². The minimum Gasteiger partial charge on any atom is -0.481 e. The van der Waals surface area contributed by atoms with Crippen molar-refractivity contribution in [3.63, 3.8) is 0 Å². The van der Waals surface area contributed by atoms with E-state index in [1.54, 1.807) is 30.7 Å². The summed E-state index contributed by atoms with van der Waals surface area (Å²) in [6.07, 6.45) is 1.57. The first-order chi connectivity index (χ1) is 15.9. The zero-order valence-corrected chi connectivity index (χ0v) is 19.7. The van der Waals surface area contributed by atoms with Gasteiger partial charge in [-0.2, -0.15) is 9.97 Å². The Morgan fingerprint density at radius 3 is 2.42 bits per heavy atom. The number of methoxy groups -OCH3 is 2. The monoisotopic (exact) mass is 538 g/mol. The van der Waals surface area contributed by atoms with Crippen molar-refractivity contribution in [3.05, 3.63) is 46.8 Å². The highest BCUT2D eigenvalue weighted by atomic mass is 79.9. The van der Waals surface area contributed by atoms with Crippen molar-refractivity contribution in [1.29, 1.82) is 0 Å². The molecule has 172 valence electrons. The van der Waals surface area contributed by atoms with Gasteiger partial charge in [0.25, 0.3) is 0 Å². The number of nitrogens with zero attached hydrogens (tertiary/aromatic N) is 4. The second kappa shape index (κ2) is 9.75. The second-order valence-electron chi connectivity index (χ2n) is 6.58. The fourth-order valence-corrected chi connectivity index (χ4v) is 4.65. The molecule has 0 aliphatic rings. The van der Waals surface area contributed by atoms with Crippen molar-refractivity contribution in [3.8, 4) is 23.1 Å². The summed E-state index contributed by atoms with van der Waals surface area (Å²) in [7, 11) is 0.779.